The molecule has 4 atom stereocenters. The van der Waals surface area contributed by atoms with Crippen LogP contribution in [-0.2, 0) is 35.1 Å². The van der Waals surface area contributed by atoms with Gasteiger partial charge < -0.3 is 24.7 Å². The molecule has 1 rings (SSSR count). The summed E-state index contributed by atoms with van der Waals surface area (Å²) in [6.45, 7) is 16.2. The van der Waals surface area contributed by atoms with Gasteiger partial charge in [-0.3, -0.25) is 19.2 Å². The predicted molar refractivity (Wildman–Crippen MR) is 143 cm³/mol. The summed E-state index contributed by atoms with van der Waals surface area (Å²) in [4.78, 5) is 50.2. The lowest BCUT2D eigenvalue weighted by Gasteiger charge is -2.30. The van der Waals surface area contributed by atoms with E-state index in [-0.39, 0.29) is 48.0 Å². The lowest BCUT2D eigenvalue weighted by molar-refractivity contribution is -0.157. The Bertz CT molecular complexity index is 987. The Morgan fingerprint density at radius 3 is 1.74 bits per heavy atom. The van der Waals surface area contributed by atoms with Crippen molar-refractivity contribution in [3.05, 3.63) is 23.8 Å². The van der Waals surface area contributed by atoms with Crippen LogP contribution < -0.4 is 15.2 Å². The maximum Gasteiger partial charge on any atom is 0.326 e. The number of nitrogens with two attached hydrogens (primary N) is 1. The van der Waals surface area contributed by atoms with Crippen molar-refractivity contribution in [2.75, 3.05) is 7.11 Å². The SMILES string of the molecule is COC(=O)C(N)(Cc1ccc(OC(=O)C(C)C(C)C)c(OC(=O)C(C)C(C)C)c1)C[C@H](C)OC(=O)C(C)C. The molecule has 3 unspecified atom stereocenters. The van der Waals surface area contributed by atoms with Gasteiger partial charge >= 0.3 is 23.9 Å². The van der Waals surface area contributed by atoms with Crippen LogP contribution in [-0.4, -0.2) is 42.6 Å². The Kier molecular flexibility index (Phi) is 12.4. The van der Waals surface area contributed by atoms with Crippen LogP contribution in [0.25, 0.3) is 0 Å². The molecule has 0 aliphatic carbocycles. The fraction of sp³-hybridized carbons (Fsp3) is 0.655. The molecule has 0 amide bonds. The Balaban J connectivity index is 3.37. The van der Waals surface area contributed by atoms with Crippen molar-refractivity contribution in [3.8, 4) is 11.5 Å². The molecule has 0 radical (unpaired) electrons. The molecule has 0 aliphatic heterocycles. The molecule has 38 heavy (non-hydrogen) atoms. The first-order valence-corrected chi connectivity index (χ1v) is 13.2. The lowest BCUT2D eigenvalue weighted by atomic mass is 9.86. The standard InChI is InChI=1S/C29H45NO8/c1-16(2)20(8)26(32)37-23-12-11-22(13-24(23)38-27(33)21(9)17(3)4)15-29(30,28(34)35-10)14-19(7)36-25(31)18(5)6/h11-13,16-21H,14-15,30H2,1-10H3/t19-,20?,21?,29?/m0/s1. The van der Waals surface area contributed by atoms with Crippen molar-refractivity contribution in [2.45, 2.75) is 86.8 Å². The molecule has 0 fully saturated rings. The number of esters is 4. The first-order valence-electron chi connectivity index (χ1n) is 13.2. The maximum atomic E-state index is 12.8. The third-order valence-corrected chi connectivity index (χ3v) is 6.72. The summed E-state index contributed by atoms with van der Waals surface area (Å²) in [5.41, 5.74) is 5.51. The van der Waals surface area contributed by atoms with Gasteiger partial charge in [0.25, 0.3) is 0 Å². The molecular weight excluding hydrogens is 490 g/mol. The summed E-state index contributed by atoms with van der Waals surface area (Å²) in [7, 11) is 1.23. The van der Waals surface area contributed by atoms with E-state index in [4.69, 9.17) is 24.7 Å². The van der Waals surface area contributed by atoms with Gasteiger partial charge in [-0.1, -0.05) is 61.5 Å². The van der Waals surface area contributed by atoms with E-state index in [1.165, 1.54) is 19.2 Å². The number of hydrogen-bond acceptors (Lipinski definition) is 9. The summed E-state index contributed by atoms with van der Waals surface area (Å²) in [5, 5.41) is 0. The molecule has 2 N–H and O–H groups in total. The van der Waals surface area contributed by atoms with Crippen LogP contribution in [0.15, 0.2) is 18.2 Å². The van der Waals surface area contributed by atoms with Gasteiger partial charge in [-0.2, -0.15) is 0 Å². The van der Waals surface area contributed by atoms with Gasteiger partial charge in [-0.15, -0.1) is 0 Å². The molecule has 0 aliphatic rings. The predicted octanol–water partition coefficient (Wildman–Crippen LogP) is 4.47. The number of carbonyl (C=O) groups is 4. The Morgan fingerprint density at radius 2 is 1.29 bits per heavy atom. The van der Waals surface area contributed by atoms with Crippen molar-refractivity contribution in [2.24, 2.45) is 35.3 Å². The van der Waals surface area contributed by atoms with E-state index < -0.39 is 41.4 Å². The fourth-order valence-corrected chi connectivity index (χ4v) is 3.46. The second-order valence-corrected chi connectivity index (χ2v) is 11.1. The Morgan fingerprint density at radius 1 is 0.789 bits per heavy atom. The Labute approximate surface area is 226 Å². The summed E-state index contributed by atoms with van der Waals surface area (Å²) in [5.74, 6) is -2.90. The van der Waals surface area contributed by atoms with Gasteiger partial charge in [0, 0.05) is 12.8 Å². The highest BCUT2D eigenvalue weighted by Crippen LogP contribution is 2.33. The molecule has 0 aromatic heterocycles. The van der Waals surface area contributed by atoms with Gasteiger partial charge in [0.1, 0.15) is 11.6 Å². The van der Waals surface area contributed by atoms with Crippen molar-refractivity contribution < 1.29 is 38.1 Å². The number of methoxy groups -OCH3 is 1. The van der Waals surface area contributed by atoms with Gasteiger partial charge in [-0.25, -0.2) is 0 Å². The van der Waals surface area contributed by atoms with E-state index in [2.05, 4.69) is 0 Å². The molecular formula is C29H45NO8. The summed E-state index contributed by atoms with van der Waals surface area (Å²) in [6, 6.07) is 4.69. The summed E-state index contributed by atoms with van der Waals surface area (Å²) in [6.07, 6.45) is -0.666. The van der Waals surface area contributed by atoms with Crippen LogP contribution in [0.4, 0.5) is 0 Å². The minimum atomic E-state index is -1.54. The molecule has 1 aromatic rings. The second-order valence-electron chi connectivity index (χ2n) is 11.1. The zero-order chi connectivity index (χ0) is 29.4. The van der Waals surface area contributed by atoms with E-state index in [1.807, 2.05) is 27.7 Å². The van der Waals surface area contributed by atoms with E-state index >= 15 is 0 Å². The normalized spacial score (nSPS) is 15.4. The minimum Gasteiger partial charge on any atom is -0.468 e. The van der Waals surface area contributed by atoms with Crippen molar-refractivity contribution in [1.29, 1.82) is 0 Å². The average Bonchev–Trinajstić information content (AvgIpc) is 2.83. The third-order valence-electron chi connectivity index (χ3n) is 6.72. The maximum absolute atomic E-state index is 12.8. The number of hydrogen-bond donors (Lipinski definition) is 1. The topological polar surface area (TPSA) is 131 Å². The van der Waals surface area contributed by atoms with Gasteiger partial charge in [0.15, 0.2) is 11.5 Å². The zero-order valence-electron chi connectivity index (χ0n) is 24.5. The van der Waals surface area contributed by atoms with Gasteiger partial charge in [-0.05, 0) is 36.5 Å². The van der Waals surface area contributed by atoms with Gasteiger partial charge in [0.2, 0.25) is 0 Å². The monoisotopic (exact) mass is 535 g/mol. The van der Waals surface area contributed by atoms with Crippen LogP contribution in [0, 0.1) is 29.6 Å². The van der Waals surface area contributed by atoms with Crippen LogP contribution in [0.1, 0.15) is 74.3 Å². The number of carbonyl (C=O) groups excluding carboxylic acids is 4. The molecule has 9 nitrogen and oxygen atoms in total. The highest BCUT2D eigenvalue weighted by molar-refractivity contribution is 5.82. The van der Waals surface area contributed by atoms with E-state index in [9.17, 15) is 19.2 Å². The van der Waals surface area contributed by atoms with Crippen molar-refractivity contribution in [3.63, 3.8) is 0 Å². The van der Waals surface area contributed by atoms with E-state index in [1.54, 1.807) is 40.7 Å². The first-order chi connectivity index (χ1) is 17.5. The fourth-order valence-electron chi connectivity index (χ4n) is 3.46. The Hall–Kier alpha value is -2.94. The molecule has 9 heteroatoms. The average molecular weight is 536 g/mol. The first kappa shape index (κ1) is 33.1. The highest BCUT2D eigenvalue weighted by Gasteiger charge is 2.38. The highest BCUT2D eigenvalue weighted by atomic mass is 16.6. The third kappa shape index (κ3) is 9.42. The van der Waals surface area contributed by atoms with Crippen molar-refractivity contribution in [1.82, 2.24) is 0 Å². The number of ether oxygens (including phenoxy) is 4. The van der Waals surface area contributed by atoms with Crippen LogP contribution in [0.5, 0.6) is 11.5 Å². The quantitative estimate of drug-likeness (QED) is 0.287. The van der Waals surface area contributed by atoms with E-state index in [0.717, 1.165) is 0 Å². The molecule has 214 valence electrons. The van der Waals surface area contributed by atoms with Crippen LogP contribution in [0.2, 0.25) is 0 Å². The number of benzene rings is 1. The molecule has 0 saturated carbocycles. The molecule has 1 aromatic carbocycles. The van der Waals surface area contributed by atoms with Crippen LogP contribution >= 0.6 is 0 Å². The molecule has 0 bridgehead atoms. The lowest BCUT2D eigenvalue weighted by Crippen LogP contribution is -2.53. The molecule has 0 heterocycles. The molecule has 0 spiro atoms. The zero-order valence-corrected chi connectivity index (χ0v) is 24.5. The largest absolute Gasteiger partial charge is 0.468 e. The minimum absolute atomic E-state index is 0.000276. The smallest absolute Gasteiger partial charge is 0.326 e. The van der Waals surface area contributed by atoms with Gasteiger partial charge in [0.05, 0.1) is 24.9 Å². The molecule has 0 saturated heterocycles. The van der Waals surface area contributed by atoms with E-state index in [0.29, 0.717) is 5.56 Å². The van der Waals surface area contributed by atoms with Crippen molar-refractivity contribution >= 4 is 23.9 Å². The second kappa shape index (κ2) is 14.3. The summed E-state index contributed by atoms with van der Waals surface area (Å²) < 4.78 is 21.6. The summed E-state index contributed by atoms with van der Waals surface area (Å²) >= 11 is 0. The van der Waals surface area contributed by atoms with Crippen LogP contribution in [0.3, 0.4) is 0 Å². The number of rotatable bonds is 13.